The summed E-state index contributed by atoms with van der Waals surface area (Å²) in [6.45, 7) is 1.91. The van der Waals surface area contributed by atoms with Crippen LogP contribution in [0.5, 0.6) is 0 Å². The first-order valence-corrected chi connectivity index (χ1v) is 7.71. The number of amides is 2. The van der Waals surface area contributed by atoms with Gasteiger partial charge in [0.1, 0.15) is 6.04 Å². The van der Waals surface area contributed by atoms with Crippen molar-refractivity contribution in [1.29, 1.82) is 0 Å². The smallest absolute Gasteiger partial charge is 0.259 e. The predicted molar refractivity (Wildman–Crippen MR) is 86.9 cm³/mol. The van der Waals surface area contributed by atoms with E-state index in [1.165, 1.54) is 11.0 Å². The minimum Gasteiger partial charge on any atom is -0.322 e. The number of benzene rings is 2. The van der Waals surface area contributed by atoms with Crippen LogP contribution in [-0.4, -0.2) is 17.9 Å². The van der Waals surface area contributed by atoms with Crippen LogP contribution < -0.4 is 10.2 Å². The molecule has 0 aliphatic carbocycles. The predicted octanol–water partition coefficient (Wildman–Crippen LogP) is 3.73. The molecule has 2 amide bonds. The Bertz CT molecular complexity index is 807. The molecule has 124 valence electrons. The molecule has 1 heterocycles. The van der Waals surface area contributed by atoms with Crippen LogP contribution in [0.2, 0.25) is 0 Å². The maximum absolute atomic E-state index is 13.5. The van der Waals surface area contributed by atoms with E-state index in [4.69, 9.17) is 0 Å². The number of anilines is 2. The van der Waals surface area contributed by atoms with Gasteiger partial charge in [0.05, 0.1) is 11.4 Å². The third-order valence-corrected chi connectivity index (χ3v) is 3.98. The highest BCUT2D eigenvalue weighted by atomic mass is 19.2. The van der Waals surface area contributed by atoms with Gasteiger partial charge in [-0.1, -0.05) is 25.5 Å². The van der Waals surface area contributed by atoms with Crippen molar-refractivity contribution in [2.45, 2.75) is 25.8 Å². The molecule has 0 bridgehead atoms. The Balaban J connectivity index is 2.08. The van der Waals surface area contributed by atoms with E-state index in [2.05, 4.69) is 5.32 Å². The van der Waals surface area contributed by atoms with Gasteiger partial charge in [0, 0.05) is 5.56 Å². The summed E-state index contributed by atoms with van der Waals surface area (Å²) < 4.78 is 26.6. The third kappa shape index (κ3) is 2.75. The molecule has 2 aromatic rings. The molecule has 1 aliphatic heterocycles. The normalized spacial score (nSPS) is 16.5. The first kappa shape index (κ1) is 16.1. The molecule has 0 radical (unpaired) electrons. The van der Waals surface area contributed by atoms with Gasteiger partial charge in [-0.05, 0) is 36.8 Å². The van der Waals surface area contributed by atoms with E-state index in [0.717, 1.165) is 12.1 Å². The van der Waals surface area contributed by atoms with Crippen molar-refractivity contribution < 1.29 is 18.4 Å². The SMILES string of the molecule is CCC[C@H]1C(=O)Nc2ccccc2N1C(=O)c1ccc(F)c(F)c1. The summed E-state index contributed by atoms with van der Waals surface area (Å²) >= 11 is 0. The first-order valence-electron chi connectivity index (χ1n) is 7.71. The highest BCUT2D eigenvalue weighted by Crippen LogP contribution is 2.34. The van der Waals surface area contributed by atoms with Crippen molar-refractivity contribution in [1.82, 2.24) is 0 Å². The Labute approximate surface area is 138 Å². The molecule has 0 spiro atoms. The van der Waals surface area contributed by atoms with Gasteiger partial charge in [0.2, 0.25) is 5.91 Å². The van der Waals surface area contributed by atoms with E-state index < -0.39 is 23.6 Å². The van der Waals surface area contributed by atoms with E-state index in [0.29, 0.717) is 24.2 Å². The lowest BCUT2D eigenvalue weighted by atomic mass is 10.0. The van der Waals surface area contributed by atoms with E-state index >= 15 is 0 Å². The van der Waals surface area contributed by atoms with Crippen molar-refractivity contribution in [3.8, 4) is 0 Å². The third-order valence-electron chi connectivity index (χ3n) is 3.98. The zero-order valence-corrected chi connectivity index (χ0v) is 13.1. The van der Waals surface area contributed by atoms with Crippen LogP contribution >= 0.6 is 0 Å². The fourth-order valence-corrected chi connectivity index (χ4v) is 2.84. The van der Waals surface area contributed by atoms with Crippen molar-refractivity contribution in [2.24, 2.45) is 0 Å². The molecule has 1 aliphatic rings. The zero-order chi connectivity index (χ0) is 17.3. The number of carbonyl (C=O) groups is 2. The van der Waals surface area contributed by atoms with E-state index in [1.807, 2.05) is 6.92 Å². The quantitative estimate of drug-likeness (QED) is 0.932. The van der Waals surface area contributed by atoms with Gasteiger partial charge in [-0.2, -0.15) is 0 Å². The molecule has 24 heavy (non-hydrogen) atoms. The number of hydrogen-bond acceptors (Lipinski definition) is 2. The molecule has 2 aromatic carbocycles. The number of nitrogens with one attached hydrogen (secondary N) is 1. The van der Waals surface area contributed by atoms with Crippen LogP contribution in [-0.2, 0) is 4.79 Å². The second-order valence-electron chi connectivity index (χ2n) is 5.61. The summed E-state index contributed by atoms with van der Waals surface area (Å²) in [6.07, 6.45) is 1.16. The summed E-state index contributed by atoms with van der Waals surface area (Å²) in [5, 5.41) is 2.78. The van der Waals surface area contributed by atoms with Crippen molar-refractivity contribution in [3.05, 3.63) is 59.7 Å². The Morgan fingerprint density at radius 2 is 1.92 bits per heavy atom. The number of hydrogen-bond donors (Lipinski definition) is 1. The molecule has 0 saturated carbocycles. The molecule has 1 N–H and O–H groups in total. The van der Waals surface area contributed by atoms with Crippen LogP contribution in [0.4, 0.5) is 20.2 Å². The first-order chi connectivity index (χ1) is 11.5. The Morgan fingerprint density at radius 3 is 2.62 bits per heavy atom. The molecular weight excluding hydrogens is 314 g/mol. The average molecular weight is 330 g/mol. The van der Waals surface area contributed by atoms with Gasteiger partial charge >= 0.3 is 0 Å². The lowest BCUT2D eigenvalue weighted by Gasteiger charge is -2.36. The van der Waals surface area contributed by atoms with E-state index in [1.54, 1.807) is 24.3 Å². The lowest BCUT2D eigenvalue weighted by Crippen LogP contribution is -2.51. The molecule has 0 unspecified atom stereocenters. The molecule has 0 aromatic heterocycles. The molecular formula is C18H16F2N2O2. The van der Waals surface area contributed by atoms with Gasteiger partial charge in [-0.15, -0.1) is 0 Å². The summed E-state index contributed by atoms with van der Waals surface area (Å²) in [4.78, 5) is 26.7. The molecule has 3 rings (SSSR count). The minimum atomic E-state index is -1.09. The monoisotopic (exact) mass is 330 g/mol. The van der Waals surface area contributed by atoms with Gasteiger partial charge < -0.3 is 5.32 Å². The largest absolute Gasteiger partial charge is 0.322 e. The highest BCUT2D eigenvalue weighted by Gasteiger charge is 2.36. The lowest BCUT2D eigenvalue weighted by molar-refractivity contribution is -0.117. The molecule has 4 nitrogen and oxygen atoms in total. The second-order valence-corrected chi connectivity index (χ2v) is 5.61. The number of fused-ring (bicyclic) bond motifs is 1. The fourth-order valence-electron chi connectivity index (χ4n) is 2.84. The fraction of sp³-hybridized carbons (Fsp3) is 0.222. The minimum absolute atomic E-state index is 0.000457. The summed E-state index contributed by atoms with van der Waals surface area (Å²) in [5.74, 6) is -2.93. The van der Waals surface area contributed by atoms with Gasteiger partial charge in [0.15, 0.2) is 11.6 Å². The molecule has 6 heteroatoms. The highest BCUT2D eigenvalue weighted by molar-refractivity contribution is 6.16. The Hall–Kier alpha value is -2.76. The molecule has 0 saturated heterocycles. The number of carbonyl (C=O) groups excluding carboxylic acids is 2. The van der Waals surface area contributed by atoms with Crippen LogP contribution in [0.15, 0.2) is 42.5 Å². The Kier molecular flexibility index (Phi) is 4.29. The summed E-state index contributed by atoms with van der Waals surface area (Å²) in [5.41, 5.74) is 1.07. The topological polar surface area (TPSA) is 49.4 Å². The standard InChI is InChI=1S/C18H16F2N2O2/c1-2-5-16-17(23)21-14-6-3-4-7-15(14)22(16)18(24)11-8-9-12(19)13(20)10-11/h3-4,6-10,16H,2,5H2,1H3,(H,21,23)/t16-/m0/s1. The van der Waals surface area contributed by atoms with Gasteiger partial charge in [-0.25, -0.2) is 8.78 Å². The molecule has 1 atom stereocenters. The van der Waals surface area contributed by atoms with Crippen LogP contribution in [0.3, 0.4) is 0 Å². The summed E-state index contributed by atoms with van der Waals surface area (Å²) in [6, 6.07) is 9.22. The average Bonchev–Trinajstić information content (AvgIpc) is 2.57. The second kappa shape index (κ2) is 6.39. The van der Waals surface area contributed by atoms with Gasteiger partial charge in [0.25, 0.3) is 5.91 Å². The number of para-hydroxylation sites is 2. The number of rotatable bonds is 3. The van der Waals surface area contributed by atoms with Crippen LogP contribution in [0.25, 0.3) is 0 Å². The maximum atomic E-state index is 13.5. The zero-order valence-electron chi connectivity index (χ0n) is 13.1. The van der Waals surface area contributed by atoms with Gasteiger partial charge in [-0.3, -0.25) is 14.5 Å². The van der Waals surface area contributed by atoms with Crippen molar-refractivity contribution in [3.63, 3.8) is 0 Å². The van der Waals surface area contributed by atoms with Crippen LogP contribution in [0, 0.1) is 11.6 Å². The Morgan fingerprint density at radius 1 is 1.17 bits per heavy atom. The van der Waals surface area contributed by atoms with Crippen molar-refractivity contribution >= 4 is 23.2 Å². The maximum Gasteiger partial charge on any atom is 0.259 e. The summed E-state index contributed by atoms with van der Waals surface area (Å²) in [7, 11) is 0. The van der Waals surface area contributed by atoms with Crippen LogP contribution in [0.1, 0.15) is 30.1 Å². The van der Waals surface area contributed by atoms with Crippen molar-refractivity contribution in [2.75, 3.05) is 10.2 Å². The number of halogens is 2. The number of nitrogens with zero attached hydrogens (tertiary/aromatic N) is 1. The van der Waals surface area contributed by atoms with E-state index in [9.17, 15) is 18.4 Å². The van der Waals surface area contributed by atoms with E-state index in [-0.39, 0.29) is 11.5 Å². The molecule has 0 fully saturated rings.